The lowest BCUT2D eigenvalue weighted by molar-refractivity contribution is 0.158. The summed E-state index contributed by atoms with van der Waals surface area (Å²) in [5, 5.41) is 10.0. The van der Waals surface area contributed by atoms with E-state index in [1.165, 1.54) is 22.3 Å². The molecule has 3 aromatic rings. The summed E-state index contributed by atoms with van der Waals surface area (Å²) in [4.78, 5) is 2.31. The first kappa shape index (κ1) is 22.9. The second-order valence-corrected chi connectivity index (χ2v) is 9.98. The Morgan fingerprint density at radius 2 is 1.79 bits per heavy atom. The molecule has 178 valence electrons. The highest BCUT2D eigenvalue weighted by Crippen LogP contribution is 2.47. The Bertz CT molecular complexity index is 1080. The van der Waals surface area contributed by atoms with E-state index in [4.69, 9.17) is 4.74 Å². The largest absolute Gasteiger partial charge is 0.508 e. The van der Waals surface area contributed by atoms with Gasteiger partial charge in [-0.2, -0.15) is 0 Å². The maximum atomic E-state index is 12.9. The normalized spacial score (nSPS) is 23.4. The second-order valence-electron chi connectivity index (χ2n) is 9.98. The third-order valence-electron chi connectivity index (χ3n) is 7.50. The zero-order valence-corrected chi connectivity index (χ0v) is 19.9. The van der Waals surface area contributed by atoms with Crippen molar-refractivity contribution in [2.75, 3.05) is 26.3 Å². The van der Waals surface area contributed by atoms with E-state index in [0.29, 0.717) is 11.7 Å². The van der Waals surface area contributed by atoms with Gasteiger partial charge >= 0.3 is 0 Å². The minimum atomic E-state index is -0.221. The number of likely N-dealkylation sites (tertiary alicyclic amines) is 1. The molecule has 3 nitrogen and oxygen atoms in total. The van der Waals surface area contributed by atoms with E-state index in [0.717, 1.165) is 44.6 Å². The smallest absolute Gasteiger partial charge is 0.119 e. The van der Waals surface area contributed by atoms with Crippen LogP contribution in [-0.2, 0) is 6.42 Å². The first-order valence-electron chi connectivity index (χ1n) is 12.5. The summed E-state index contributed by atoms with van der Waals surface area (Å²) in [6, 6.07) is 25.1. The minimum absolute atomic E-state index is 0.0552. The molecule has 0 bridgehead atoms. The molecule has 2 unspecified atom stereocenters. The number of alkyl halides is 1. The lowest BCUT2D eigenvalue weighted by Gasteiger charge is -2.35. The Labute approximate surface area is 202 Å². The van der Waals surface area contributed by atoms with Crippen LogP contribution in [-0.4, -0.2) is 42.4 Å². The van der Waals surface area contributed by atoms with E-state index in [-0.39, 0.29) is 24.6 Å². The van der Waals surface area contributed by atoms with Gasteiger partial charge in [-0.05, 0) is 85.2 Å². The number of ether oxygens (including phenoxy) is 1. The van der Waals surface area contributed by atoms with Gasteiger partial charge in [0.25, 0.3) is 0 Å². The van der Waals surface area contributed by atoms with Crippen LogP contribution >= 0.6 is 0 Å². The van der Waals surface area contributed by atoms with Gasteiger partial charge in [-0.25, -0.2) is 0 Å². The zero-order chi connectivity index (χ0) is 23.5. The number of hydrogen-bond acceptors (Lipinski definition) is 3. The molecule has 1 heterocycles. The predicted octanol–water partition coefficient (Wildman–Crippen LogP) is 6.31. The van der Waals surface area contributed by atoms with Crippen LogP contribution in [0.1, 0.15) is 53.9 Å². The van der Waals surface area contributed by atoms with Crippen LogP contribution in [0.15, 0.2) is 72.8 Å². The molecule has 2 aliphatic rings. The fraction of sp³-hybridized carbons (Fsp3) is 0.400. The summed E-state index contributed by atoms with van der Waals surface area (Å²) in [5.41, 5.74) is 5.17. The van der Waals surface area contributed by atoms with Gasteiger partial charge in [0.2, 0.25) is 0 Å². The highest BCUT2D eigenvalue weighted by molar-refractivity contribution is 5.48. The van der Waals surface area contributed by atoms with Gasteiger partial charge in [0.1, 0.15) is 17.6 Å². The predicted molar refractivity (Wildman–Crippen MR) is 135 cm³/mol. The summed E-state index contributed by atoms with van der Waals surface area (Å²) in [6.45, 7) is 4.49. The maximum Gasteiger partial charge on any atom is 0.119 e. The molecule has 3 aromatic carbocycles. The van der Waals surface area contributed by atoms with Crippen LogP contribution in [0.4, 0.5) is 4.39 Å². The average Bonchev–Trinajstić information content (AvgIpc) is 3.31. The second kappa shape index (κ2) is 10.2. The lowest BCUT2D eigenvalue weighted by atomic mass is 9.69. The lowest BCUT2D eigenvalue weighted by Crippen LogP contribution is -2.32. The first-order chi connectivity index (χ1) is 16.6. The molecule has 34 heavy (non-hydrogen) atoms. The summed E-state index contributed by atoms with van der Waals surface area (Å²) in [7, 11) is 0. The van der Waals surface area contributed by atoms with Crippen molar-refractivity contribution in [1.29, 1.82) is 0 Å². The van der Waals surface area contributed by atoms with E-state index >= 15 is 0 Å². The fourth-order valence-corrected chi connectivity index (χ4v) is 5.87. The van der Waals surface area contributed by atoms with Crippen LogP contribution in [0.2, 0.25) is 0 Å². The van der Waals surface area contributed by atoms with Gasteiger partial charge in [-0.1, -0.05) is 48.5 Å². The first-order valence-corrected chi connectivity index (χ1v) is 12.5. The van der Waals surface area contributed by atoms with Crippen LogP contribution < -0.4 is 4.74 Å². The van der Waals surface area contributed by atoms with Crippen molar-refractivity contribution in [2.24, 2.45) is 5.92 Å². The van der Waals surface area contributed by atoms with Crippen LogP contribution in [0.3, 0.4) is 0 Å². The van der Waals surface area contributed by atoms with Crippen LogP contribution in [0, 0.1) is 5.92 Å². The van der Waals surface area contributed by atoms with E-state index in [9.17, 15) is 9.50 Å². The van der Waals surface area contributed by atoms with Crippen molar-refractivity contribution >= 4 is 0 Å². The Balaban J connectivity index is 1.35. The Hall–Kier alpha value is -2.85. The van der Waals surface area contributed by atoms with Crippen LogP contribution in [0.5, 0.6) is 11.5 Å². The number of halogens is 1. The van der Waals surface area contributed by atoms with E-state index in [1.807, 2.05) is 12.1 Å². The van der Waals surface area contributed by atoms with Gasteiger partial charge < -0.3 is 9.84 Å². The molecule has 1 N–H and O–H groups in total. The Morgan fingerprint density at radius 3 is 2.53 bits per heavy atom. The molecule has 0 radical (unpaired) electrons. The number of aromatic hydroxyl groups is 1. The number of hydrogen-bond donors (Lipinski definition) is 1. The topological polar surface area (TPSA) is 32.7 Å². The minimum Gasteiger partial charge on any atom is -0.508 e. The molecule has 4 heteroatoms. The quantitative estimate of drug-likeness (QED) is 0.449. The molecule has 0 saturated carbocycles. The molecule has 1 saturated heterocycles. The average molecular weight is 460 g/mol. The van der Waals surface area contributed by atoms with Gasteiger partial charge in [0.05, 0.1) is 6.67 Å². The molecule has 0 amide bonds. The number of nitrogens with zero attached hydrogens (tertiary/aromatic N) is 1. The van der Waals surface area contributed by atoms with Crippen molar-refractivity contribution in [3.63, 3.8) is 0 Å². The fourth-order valence-electron chi connectivity index (χ4n) is 5.87. The van der Waals surface area contributed by atoms with Gasteiger partial charge in [0.15, 0.2) is 0 Å². The standard InChI is InChI=1S/C30H34FNO2/c1-21(19-32-16-15-22(18-31)20-32)34-27-11-7-24(8-12-27)30-28(23-5-3-2-4-6-23)13-9-25-17-26(33)10-14-29(25)30/h2-8,10-12,14,17,21-22,28,30,33H,9,13,15-16,18-20H2,1H3/t21?,22?,28-,30+/m1/s1. The highest BCUT2D eigenvalue weighted by atomic mass is 19.1. The molecule has 0 aromatic heterocycles. The zero-order valence-electron chi connectivity index (χ0n) is 19.9. The van der Waals surface area contributed by atoms with Gasteiger partial charge in [-0.15, -0.1) is 0 Å². The van der Waals surface area contributed by atoms with Crippen molar-refractivity contribution in [2.45, 2.75) is 44.1 Å². The number of phenols is 1. The number of rotatable bonds is 7. The molecule has 5 rings (SSSR count). The molecule has 1 aliphatic heterocycles. The number of phenolic OH excluding ortho intramolecular Hbond substituents is 1. The highest BCUT2D eigenvalue weighted by Gasteiger charge is 2.32. The third-order valence-corrected chi connectivity index (χ3v) is 7.50. The van der Waals surface area contributed by atoms with Crippen molar-refractivity contribution < 1.29 is 14.2 Å². The monoisotopic (exact) mass is 459 g/mol. The SMILES string of the molecule is CC(CN1CCC(CF)C1)Oc1ccc([C@@H]2c3ccc(O)cc3CC[C@@H]2c2ccccc2)cc1. The summed E-state index contributed by atoms with van der Waals surface area (Å²) in [6.07, 6.45) is 3.02. The summed E-state index contributed by atoms with van der Waals surface area (Å²) in [5.74, 6) is 2.02. The van der Waals surface area contributed by atoms with Gasteiger partial charge in [0, 0.05) is 24.9 Å². The molecule has 1 fully saturated rings. The van der Waals surface area contributed by atoms with Crippen LogP contribution in [0.25, 0.3) is 0 Å². The van der Waals surface area contributed by atoms with Gasteiger partial charge in [-0.3, -0.25) is 9.29 Å². The Morgan fingerprint density at radius 1 is 1.00 bits per heavy atom. The molecule has 0 spiro atoms. The van der Waals surface area contributed by atoms with Crippen molar-refractivity contribution in [3.8, 4) is 11.5 Å². The molecule has 1 aliphatic carbocycles. The number of aryl methyl sites for hydroxylation is 1. The van der Waals surface area contributed by atoms with Crippen molar-refractivity contribution in [3.05, 3.63) is 95.1 Å². The number of benzene rings is 3. The molecular weight excluding hydrogens is 425 g/mol. The summed E-state index contributed by atoms with van der Waals surface area (Å²) >= 11 is 0. The Kier molecular flexibility index (Phi) is 6.87. The number of fused-ring (bicyclic) bond motifs is 1. The summed E-state index contributed by atoms with van der Waals surface area (Å²) < 4.78 is 19.1. The third kappa shape index (κ3) is 4.97. The van der Waals surface area contributed by atoms with Crippen molar-refractivity contribution in [1.82, 2.24) is 4.90 Å². The van der Waals surface area contributed by atoms with E-state index < -0.39 is 0 Å². The molecule has 4 atom stereocenters. The van der Waals surface area contributed by atoms with E-state index in [1.54, 1.807) is 0 Å². The van der Waals surface area contributed by atoms with E-state index in [2.05, 4.69) is 72.5 Å². The maximum absolute atomic E-state index is 12.9. The molecular formula is C30H34FNO2.